The minimum absolute atomic E-state index is 0.0808. The Morgan fingerprint density at radius 3 is 2.50 bits per heavy atom. The quantitative estimate of drug-likeness (QED) is 0.362. The first-order valence-corrected chi connectivity index (χ1v) is 9.93. The SMILES string of the molecule is O=C(/C=C/c1ccc(O)cc1)NCCCCNCCNC1CCCCC1. The molecule has 2 rings (SSSR count). The number of phenolic OH excluding ortho intramolecular Hbond substituents is 1. The number of hydrogen-bond donors (Lipinski definition) is 4. The van der Waals surface area contributed by atoms with E-state index in [1.807, 2.05) is 0 Å². The van der Waals surface area contributed by atoms with Gasteiger partial charge in [-0.3, -0.25) is 4.79 Å². The minimum Gasteiger partial charge on any atom is -0.508 e. The van der Waals surface area contributed by atoms with Crippen LogP contribution in [0.15, 0.2) is 30.3 Å². The molecule has 0 saturated heterocycles. The molecule has 26 heavy (non-hydrogen) atoms. The maximum Gasteiger partial charge on any atom is 0.243 e. The van der Waals surface area contributed by atoms with Crippen molar-refractivity contribution in [2.75, 3.05) is 26.2 Å². The Morgan fingerprint density at radius 1 is 1.00 bits per heavy atom. The van der Waals surface area contributed by atoms with Gasteiger partial charge < -0.3 is 21.1 Å². The van der Waals surface area contributed by atoms with Gasteiger partial charge in [-0.1, -0.05) is 31.4 Å². The molecule has 1 amide bonds. The Balaban J connectivity index is 1.41. The first-order valence-electron chi connectivity index (χ1n) is 9.93. The molecule has 0 spiro atoms. The van der Waals surface area contributed by atoms with Gasteiger partial charge in [-0.2, -0.15) is 0 Å². The molecule has 1 aromatic rings. The summed E-state index contributed by atoms with van der Waals surface area (Å²) >= 11 is 0. The molecular weight excluding hydrogens is 326 g/mol. The molecule has 1 saturated carbocycles. The van der Waals surface area contributed by atoms with Gasteiger partial charge in [-0.05, 0) is 56.0 Å². The molecule has 1 aromatic carbocycles. The number of nitrogens with one attached hydrogen (secondary N) is 3. The molecule has 144 valence electrons. The highest BCUT2D eigenvalue weighted by Gasteiger charge is 2.11. The van der Waals surface area contributed by atoms with Crippen LogP contribution >= 0.6 is 0 Å². The zero-order valence-electron chi connectivity index (χ0n) is 15.7. The summed E-state index contributed by atoms with van der Waals surface area (Å²) in [6, 6.07) is 7.49. The molecule has 0 atom stereocenters. The van der Waals surface area contributed by atoms with Gasteiger partial charge in [-0.15, -0.1) is 0 Å². The maximum atomic E-state index is 11.7. The fourth-order valence-electron chi connectivity index (χ4n) is 3.20. The Morgan fingerprint density at radius 2 is 1.73 bits per heavy atom. The largest absolute Gasteiger partial charge is 0.508 e. The van der Waals surface area contributed by atoms with E-state index < -0.39 is 0 Å². The third-order valence-corrected chi connectivity index (χ3v) is 4.74. The number of phenols is 1. The Hall–Kier alpha value is -1.85. The second-order valence-electron chi connectivity index (χ2n) is 6.96. The standard InChI is InChI=1S/C21H33N3O2/c25-20-11-8-18(9-12-20)10-13-21(26)24-15-5-4-14-22-16-17-23-19-6-2-1-3-7-19/h8-13,19,22-23,25H,1-7,14-17H2,(H,24,26)/b13-10+. The zero-order valence-corrected chi connectivity index (χ0v) is 15.7. The topological polar surface area (TPSA) is 73.4 Å². The van der Waals surface area contributed by atoms with Crippen LogP contribution in [0.25, 0.3) is 6.08 Å². The van der Waals surface area contributed by atoms with E-state index in [9.17, 15) is 9.90 Å². The van der Waals surface area contributed by atoms with Gasteiger partial charge in [0.25, 0.3) is 0 Å². The molecule has 0 aliphatic heterocycles. The Bertz CT molecular complexity index is 537. The van der Waals surface area contributed by atoms with Gasteiger partial charge >= 0.3 is 0 Å². The van der Waals surface area contributed by atoms with Gasteiger partial charge in [-0.25, -0.2) is 0 Å². The van der Waals surface area contributed by atoms with E-state index in [0.29, 0.717) is 6.54 Å². The zero-order chi connectivity index (χ0) is 18.5. The highest BCUT2D eigenvalue weighted by atomic mass is 16.3. The average molecular weight is 360 g/mol. The van der Waals surface area contributed by atoms with Crippen LogP contribution < -0.4 is 16.0 Å². The van der Waals surface area contributed by atoms with E-state index in [4.69, 9.17) is 0 Å². The van der Waals surface area contributed by atoms with Gasteiger partial charge in [0.15, 0.2) is 0 Å². The maximum absolute atomic E-state index is 11.7. The molecule has 0 aromatic heterocycles. The summed E-state index contributed by atoms with van der Waals surface area (Å²) in [5, 5.41) is 19.2. The number of aromatic hydroxyl groups is 1. The lowest BCUT2D eigenvalue weighted by atomic mass is 9.95. The van der Waals surface area contributed by atoms with Crippen molar-refractivity contribution in [1.82, 2.24) is 16.0 Å². The van der Waals surface area contributed by atoms with Crippen molar-refractivity contribution in [2.45, 2.75) is 51.0 Å². The van der Waals surface area contributed by atoms with Gasteiger partial charge in [0.05, 0.1) is 0 Å². The van der Waals surface area contributed by atoms with Crippen LogP contribution in [0.1, 0.15) is 50.5 Å². The van der Waals surface area contributed by atoms with E-state index in [-0.39, 0.29) is 11.7 Å². The molecule has 0 unspecified atom stereocenters. The smallest absolute Gasteiger partial charge is 0.243 e. The van der Waals surface area contributed by atoms with Crippen LogP contribution in [-0.4, -0.2) is 43.2 Å². The normalized spacial score (nSPS) is 15.4. The predicted molar refractivity (Wildman–Crippen MR) is 107 cm³/mol. The van der Waals surface area contributed by atoms with Crippen molar-refractivity contribution in [3.63, 3.8) is 0 Å². The third kappa shape index (κ3) is 9.02. The van der Waals surface area contributed by atoms with Crippen LogP contribution in [0, 0.1) is 0 Å². The first kappa shape index (κ1) is 20.5. The van der Waals surface area contributed by atoms with E-state index in [1.54, 1.807) is 30.3 Å². The molecule has 5 nitrogen and oxygen atoms in total. The van der Waals surface area contributed by atoms with Crippen LogP contribution in [0.2, 0.25) is 0 Å². The van der Waals surface area contributed by atoms with Crippen molar-refractivity contribution >= 4 is 12.0 Å². The molecular formula is C21H33N3O2. The summed E-state index contributed by atoms with van der Waals surface area (Å²) in [5.74, 6) is 0.146. The van der Waals surface area contributed by atoms with Crippen LogP contribution in [0.3, 0.4) is 0 Å². The van der Waals surface area contributed by atoms with Crippen LogP contribution in [0.4, 0.5) is 0 Å². The molecule has 1 aliphatic rings. The van der Waals surface area contributed by atoms with Gasteiger partial charge in [0.2, 0.25) is 5.91 Å². The molecule has 0 heterocycles. The predicted octanol–water partition coefficient (Wildman–Crippen LogP) is 2.81. The summed E-state index contributed by atoms with van der Waals surface area (Å²) in [4.78, 5) is 11.7. The van der Waals surface area contributed by atoms with E-state index in [0.717, 1.165) is 44.1 Å². The number of carbonyl (C=O) groups excluding carboxylic acids is 1. The minimum atomic E-state index is -0.0808. The Labute approximate surface area is 157 Å². The van der Waals surface area contributed by atoms with Gasteiger partial charge in [0, 0.05) is 31.8 Å². The first-order chi connectivity index (χ1) is 12.7. The second kappa shape index (κ2) is 12.5. The van der Waals surface area contributed by atoms with Crippen molar-refractivity contribution in [1.29, 1.82) is 0 Å². The number of hydrogen-bond acceptors (Lipinski definition) is 4. The van der Waals surface area contributed by atoms with E-state index >= 15 is 0 Å². The number of rotatable bonds is 11. The lowest BCUT2D eigenvalue weighted by molar-refractivity contribution is -0.116. The molecule has 1 fully saturated rings. The number of amides is 1. The lowest BCUT2D eigenvalue weighted by Gasteiger charge is -2.22. The number of benzene rings is 1. The molecule has 0 bridgehead atoms. The summed E-state index contributed by atoms with van der Waals surface area (Å²) in [7, 11) is 0. The molecule has 4 N–H and O–H groups in total. The third-order valence-electron chi connectivity index (χ3n) is 4.74. The van der Waals surface area contributed by atoms with Gasteiger partial charge in [0.1, 0.15) is 5.75 Å². The molecule has 5 heteroatoms. The monoisotopic (exact) mass is 359 g/mol. The van der Waals surface area contributed by atoms with Crippen molar-refractivity contribution in [3.05, 3.63) is 35.9 Å². The van der Waals surface area contributed by atoms with Crippen LogP contribution in [-0.2, 0) is 4.79 Å². The summed E-state index contributed by atoms with van der Waals surface area (Å²) < 4.78 is 0. The van der Waals surface area contributed by atoms with Crippen LogP contribution in [0.5, 0.6) is 5.75 Å². The highest BCUT2D eigenvalue weighted by Crippen LogP contribution is 2.16. The summed E-state index contributed by atoms with van der Waals surface area (Å²) in [5.41, 5.74) is 0.893. The summed E-state index contributed by atoms with van der Waals surface area (Å²) in [6.07, 6.45) is 12.1. The molecule has 0 radical (unpaired) electrons. The van der Waals surface area contributed by atoms with E-state index in [2.05, 4.69) is 16.0 Å². The average Bonchev–Trinajstić information content (AvgIpc) is 2.67. The lowest BCUT2D eigenvalue weighted by Crippen LogP contribution is -2.36. The number of carbonyl (C=O) groups is 1. The molecule has 1 aliphatic carbocycles. The highest BCUT2D eigenvalue weighted by molar-refractivity contribution is 5.91. The fourth-order valence-corrected chi connectivity index (χ4v) is 3.20. The van der Waals surface area contributed by atoms with Crippen molar-refractivity contribution < 1.29 is 9.90 Å². The Kier molecular flexibility index (Phi) is 9.83. The van der Waals surface area contributed by atoms with E-state index in [1.165, 1.54) is 38.2 Å². The fraction of sp³-hybridized carbons (Fsp3) is 0.571. The number of unbranched alkanes of at least 4 members (excludes halogenated alkanes) is 1. The van der Waals surface area contributed by atoms with Crippen molar-refractivity contribution in [3.8, 4) is 5.75 Å². The second-order valence-corrected chi connectivity index (χ2v) is 6.96. The summed E-state index contributed by atoms with van der Waals surface area (Å²) in [6.45, 7) is 3.74. The van der Waals surface area contributed by atoms with Crippen molar-refractivity contribution in [2.24, 2.45) is 0 Å².